The predicted molar refractivity (Wildman–Crippen MR) is 65.0 cm³/mol. The summed E-state index contributed by atoms with van der Waals surface area (Å²) in [5, 5.41) is 44.4. The first-order valence-electron chi connectivity index (χ1n) is 4.51. The zero-order valence-corrected chi connectivity index (χ0v) is 10.5. The summed E-state index contributed by atoms with van der Waals surface area (Å²) in [7, 11) is 0. The first-order valence-corrected chi connectivity index (χ1v) is 5.58. The molecule has 1 aromatic carbocycles. The Balaban J connectivity index is 2.57. The van der Waals surface area contributed by atoms with Gasteiger partial charge in [0.05, 0.1) is 12.3 Å². The molecule has 0 aliphatic heterocycles. The molecule has 0 atom stereocenters. The van der Waals surface area contributed by atoms with Gasteiger partial charge in [0.1, 0.15) is 9.39 Å². The summed E-state index contributed by atoms with van der Waals surface area (Å²) in [6.45, 7) is -0.256. The van der Waals surface area contributed by atoms with Gasteiger partial charge in [-0.05, 0) is 22.6 Å². The normalized spacial score (nSPS) is 10.7. The van der Waals surface area contributed by atoms with Crippen molar-refractivity contribution in [2.24, 2.45) is 0 Å². The second-order valence-corrected chi connectivity index (χ2v) is 4.25. The smallest absolute Gasteiger partial charge is 0.200 e. The van der Waals surface area contributed by atoms with Gasteiger partial charge >= 0.3 is 0 Å². The van der Waals surface area contributed by atoms with Crippen LogP contribution in [0.25, 0.3) is 5.69 Å². The molecule has 0 radical (unpaired) electrons. The highest BCUT2D eigenvalue weighted by Crippen LogP contribution is 2.36. The lowest BCUT2D eigenvalue weighted by Crippen LogP contribution is -1.99. The average Bonchev–Trinajstić information content (AvgIpc) is 2.66. The van der Waals surface area contributed by atoms with Gasteiger partial charge in [0.2, 0.25) is 0 Å². The minimum absolute atomic E-state index is 0.256. The van der Waals surface area contributed by atoms with Crippen LogP contribution in [0.1, 0.15) is 5.69 Å². The molecular formula is C9H8IN3O4. The summed E-state index contributed by atoms with van der Waals surface area (Å²) < 4.78 is 1.87. The Morgan fingerprint density at radius 1 is 1.18 bits per heavy atom. The second kappa shape index (κ2) is 4.37. The van der Waals surface area contributed by atoms with E-state index in [0.29, 0.717) is 15.1 Å². The Hall–Kier alpha value is -1.55. The van der Waals surface area contributed by atoms with E-state index in [-0.39, 0.29) is 6.61 Å². The average molecular weight is 349 g/mol. The van der Waals surface area contributed by atoms with Crippen molar-refractivity contribution in [1.82, 2.24) is 15.0 Å². The molecule has 4 N–H and O–H groups in total. The van der Waals surface area contributed by atoms with Crippen molar-refractivity contribution >= 4 is 22.6 Å². The van der Waals surface area contributed by atoms with E-state index in [2.05, 4.69) is 10.3 Å². The lowest BCUT2D eigenvalue weighted by molar-refractivity contribution is 0.276. The van der Waals surface area contributed by atoms with Crippen molar-refractivity contribution in [1.29, 1.82) is 0 Å². The van der Waals surface area contributed by atoms with Crippen LogP contribution in [-0.2, 0) is 6.61 Å². The molecule has 8 heteroatoms. The zero-order valence-electron chi connectivity index (χ0n) is 8.37. The number of hydrogen-bond donors (Lipinski definition) is 4. The van der Waals surface area contributed by atoms with E-state index in [1.165, 1.54) is 16.8 Å². The third-order valence-corrected chi connectivity index (χ3v) is 3.21. The zero-order chi connectivity index (χ0) is 12.6. The van der Waals surface area contributed by atoms with E-state index in [0.717, 1.165) is 0 Å². The van der Waals surface area contributed by atoms with Gasteiger partial charge in [0.25, 0.3) is 0 Å². The topological polar surface area (TPSA) is 112 Å². The molecule has 0 aliphatic rings. The van der Waals surface area contributed by atoms with Crippen molar-refractivity contribution in [3.05, 3.63) is 21.5 Å². The highest BCUT2D eigenvalue weighted by molar-refractivity contribution is 14.1. The van der Waals surface area contributed by atoms with Gasteiger partial charge in [-0.3, -0.25) is 0 Å². The van der Waals surface area contributed by atoms with Gasteiger partial charge in [0.15, 0.2) is 17.2 Å². The van der Waals surface area contributed by atoms with Crippen LogP contribution in [0, 0.1) is 3.70 Å². The van der Waals surface area contributed by atoms with Crippen LogP contribution >= 0.6 is 22.6 Å². The van der Waals surface area contributed by atoms with Crippen LogP contribution in [0.3, 0.4) is 0 Å². The molecule has 0 aliphatic carbocycles. The van der Waals surface area contributed by atoms with E-state index in [4.69, 9.17) is 5.11 Å². The van der Waals surface area contributed by atoms with E-state index in [1.807, 2.05) is 22.6 Å². The summed E-state index contributed by atoms with van der Waals surface area (Å²) >= 11 is 1.92. The molecule has 2 aromatic rings. The Morgan fingerprint density at radius 3 is 2.24 bits per heavy atom. The van der Waals surface area contributed by atoms with Crippen molar-refractivity contribution in [2.45, 2.75) is 6.61 Å². The first-order chi connectivity index (χ1) is 8.04. The number of aliphatic hydroxyl groups is 1. The second-order valence-electron chi connectivity index (χ2n) is 3.23. The van der Waals surface area contributed by atoms with Crippen molar-refractivity contribution < 1.29 is 20.4 Å². The minimum Gasteiger partial charge on any atom is -0.504 e. The van der Waals surface area contributed by atoms with E-state index in [1.54, 1.807) is 0 Å². The van der Waals surface area contributed by atoms with Gasteiger partial charge < -0.3 is 20.4 Å². The lowest BCUT2D eigenvalue weighted by atomic mass is 10.2. The maximum absolute atomic E-state index is 9.37. The number of aromatic hydroxyl groups is 3. The number of rotatable bonds is 2. The van der Waals surface area contributed by atoms with Crippen LogP contribution in [0.15, 0.2) is 12.1 Å². The maximum atomic E-state index is 9.37. The standard InChI is InChI=1S/C9H8IN3O4/c10-9-5(3-14)11-12-13(9)4-1-6(15)8(17)7(16)2-4/h1-2,14-17H,3H2. The van der Waals surface area contributed by atoms with Gasteiger partial charge in [-0.2, -0.15) is 0 Å². The molecule has 0 unspecified atom stereocenters. The Kier molecular flexibility index (Phi) is 3.07. The maximum Gasteiger partial charge on any atom is 0.200 e. The fourth-order valence-electron chi connectivity index (χ4n) is 1.28. The van der Waals surface area contributed by atoms with Crippen molar-refractivity contribution in [3.8, 4) is 22.9 Å². The van der Waals surface area contributed by atoms with Crippen molar-refractivity contribution in [2.75, 3.05) is 0 Å². The van der Waals surface area contributed by atoms with Crippen LogP contribution in [-0.4, -0.2) is 35.4 Å². The number of hydrogen-bond acceptors (Lipinski definition) is 6. The van der Waals surface area contributed by atoms with Crippen LogP contribution in [0.4, 0.5) is 0 Å². The molecule has 90 valence electrons. The Morgan fingerprint density at radius 2 is 1.76 bits per heavy atom. The third-order valence-electron chi connectivity index (χ3n) is 2.13. The SMILES string of the molecule is OCc1nnn(-c2cc(O)c(O)c(O)c2)c1I. The first kappa shape index (κ1) is 11.9. The molecule has 0 spiro atoms. The van der Waals surface area contributed by atoms with Gasteiger partial charge in [-0.15, -0.1) is 5.10 Å². The molecule has 17 heavy (non-hydrogen) atoms. The van der Waals surface area contributed by atoms with E-state index < -0.39 is 17.2 Å². The Bertz CT molecular complexity index is 546. The van der Waals surface area contributed by atoms with E-state index >= 15 is 0 Å². The van der Waals surface area contributed by atoms with Gasteiger partial charge in [-0.25, -0.2) is 4.68 Å². The summed E-state index contributed by atoms with van der Waals surface area (Å²) in [6.07, 6.45) is 0. The van der Waals surface area contributed by atoms with Crippen molar-refractivity contribution in [3.63, 3.8) is 0 Å². The molecule has 0 saturated heterocycles. The number of aromatic nitrogens is 3. The Labute approximate surface area is 109 Å². The number of benzene rings is 1. The molecule has 0 bridgehead atoms. The summed E-state index contributed by atoms with van der Waals surface area (Å²) in [4.78, 5) is 0. The van der Waals surface area contributed by atoms with Crippen LogP contribution < -0.4 is 0 Å². The third kappa shape index (κ3) is 2.00. The number of phenolic OH excluding ortho intramolecular Hbond substituents is 3. The monoisotopic (exact) mass is 349 g/mol. The number of phenols is 3. The molecule has 0 saturated carbocycles. The number of aliphatic hydroxyl groups excluding tert-OH is 1. The van der Waals surface area contributed by atoms with Crippen LogP contribution in [0.2, 0.25) is 0 Å². The quantitative estimate of drug-likeness (QED) is 0.464. The highest BCUT2D eigenvalue weighted by atomic mass is 127. The number of halogens is 1. The molecule has 0 fully saturated rings. The molecule has 0 amide bonds. The number of nitrogens with zero attached hydrogens (tertiary/aromatic N) is 3. The lowest BCUT2D eigenvalue weighted by Gasteiger charge is -2.06. The fraction of sp³-hybridized carbons (Fsp3) is 0.111. The molecule has 2 rings (SSSR count). The summed E-state index contributed by atoms with van der Waals surface area (Å²) in [5.74, 6) is -1.51. The summed E-state index contributed by atoms with van der Waals surface area (Å²) in [5.41, 5.74) is 0.715. The minimum atomic E-state index is -0.591. The van der Waals surface area contributed by atoms with Gasteiger partial charge in [0, 0.05) is 12.1 Å². The molecular weight excluding hydrogens is 341 g/mol. The van der Waals surface area contributed by atoms with Gasteiger partial charge in [-0.1, -0.05) is 5.21 Å². The molecule has 1 aromatic heterocycles. The summed E-state index contributed by atoms with van der Waals surface area (Å²) in [6, 6.07) is 2.46. The fourth-order valence-corrected chi connectivity index (χ4v) is 1.93. The predicted octanol–water partition coefficient (Wildman–Crippen LogP) is 0.481. The molecule has 1 heterocycles. The highest BCUT2D eigenvalue weighted by Gasteiger charge is 2.14. The molecule has 7 nitrogen and oxygen atoms in total. The largest absolute Gasteiger partial charge is 0.504 e. The van der Waals surface area contributed by atoms with E-state index in [9.17, 15) is 15.3 Å². The van der Waals surface area contributed by atoms with Crippen LogP contribution in [0.5, 0.6) is 17.2 Å².